The third-order valence-electron chi connectivity index (χ3n) is 6.86. The molecule has 1 aliphatic heterocycles. The van der Waals surface area contributed by atoms with Crippen LogP contribution in [0, 0.1) is 11.7 Å². The van der Waals surface area contributed by atoms with Crippen molar-refractivity contribution in [3.8, 4) is 17.1 Å². The number of halogens is 1. The summed E-state index contributed by atoms with van der Waals surface area (Å²) in [6.45, 7) is 6.89. The zero-order valence-corrected chi connectivity index (χ0v) is 20.2. The largest absolute Gasteiger partial charge is 0.477 e. The summed E-state index contributed by atoms with van der Waals surface area (Å²) in [6, 6.07) is 9.17. The maximum Gasteiger partial charge on any atom is 0.216 e. The van der Waals surface area contributed by atoms with Gasteiger partial charge < -0.3 is 20.4 Å². The number of anilines is 2. The van der Waals surface area contributed by atoms with Gasteiger partial charge in [-0.15, -0.1) is 0 Å². The molecule has 0 radical (unpaired) electrons. The second-order valence-corrected chi connectivity index (χ2v) is 9.49. The zero-order valence-electron chi connectivity index (χ0n) is 20.2. The molecule has 186 valence electrons. The average Bonchev–Trinajstić information content (AvgIpc) is 3.66. The highest BCUT2D eigenvalue weighted by Crippen LogP contribution is 2.31. The predicted octanol–water partition coefficient (Wildman–Crippen LogP) is 4.05. The molecule has 1 atom stereocenters. The Morgan fingerprint density at radius 1 is 1.14 bits per heavy atom. The lowest BCUT2D eigenvalue weighted by atomic mass is 10.1. The van der Waals surface area contributed by atoms with Gasteiger partial charge in [-0.1, -0.05) is 0 Å². The lowest BCUT2D eigenvalue weighted by molar-refractivity contribution is 0.185. The Hall–Kier alpha value is -3.63. The molecule has 1 unspecified atom stereocenters. The molecule has 0 spiro atoms. The van der Waals surface area contributed by atoms with Gasteiger partial charge in [0.15, 0.2) is 0 Å². The van der Waals surface area contributed by atoms with E-state index in [-0.39, 0.29) is 6.04 Å². The van der Waals surface area contributed by atoms with E-state index in [1.165, 1.54) is 30.8 Å². The first-order valence-electron chi connectivity index (χ1n) is 12.4. The number of imidazole rings is 1. The van der Waals surface area contributed by atoms with Crippen molar-refractivity contribution >= 4 is 22.8 Å². The van der Waals surface area contributed by atoms with Crippen LogP contribution in [0.3, 0.4) is 0 Å². The number of fused-ring (bicyclic) bond motifs is 1. The van der Waals surface area contributed by atoms with Crippen LogP contribution in [-0.2, 0) is 0 Å². The molecule has 0 bridgehead atoms. The Labute approximate surface area is 208 Å². The maximum atomic E-state index is 15.0. The first-order chi connectivity index (χ1) is 17.6. The van der Waals surface area contributed by atoms with Crippen LogP contribution in [-0.4, -0.2) is 62.6 Å². The molecule has 2 fully saturated rings. The van der Waals surface area contributed by atoms with Crippen molar-refractivity contribution in [3.63, 3.8) is 0 Å². The van der Waals surface area contributed by atoms with Crippen LogP contribution in [0.15, 0.2) is 42.9 Å². The number of rotatable bonds is 8. The molecule has 36 heavy (non-hydrogen) atoms. The minimum atomic E-state index is -0.394. The van der Waals surface area contributed by atoms with Gasteiger partial charge >= 0.3 is 0 Å². The second-order valence-electron chi connectivity index (χ2n) is 9.49. The number of benzene rings is 1. The monoisotopic (exact) mass is 488 g/mol. The van der Waals surface area contributed by atoms with Gasteiger partial charge in [-0.05, 0) is 49.4 Å². The molecular weight excluding hydrogens is 459 g/mol. The summed E-state index contributed by atoms with van der Waals surface area (Å²) in [4.78, 5) is 23.1. The molecule has 3 aromatic heterocycles. The summed E-state index contributed by atoms with van der Waals surface area (Å²) in [7, 11) is 0. The normalized spacial score (nSPS) is 17.3. The smallest absolute Gasteiger partial charge is 0.216 e. The van der Waals surface area contributed by atoms with E-state index in [0.29, 0.717) is 52.5 Å². The quantitative estimate of drug-likeness (QED) is 0.341. The summed E-state index contributed by atoms with van der Waals surface area (Å²) in [6.07, 6.45) is 5.58. The Morgan fingerprint density at radius 2 is 2.00 bits per heavy atom. The molecule has 2 aliphatic rings. The molecule has 1 saturated heterocycles. The van der Waals surface area contributed by atoms with Gasteiger partial charge in [0.05, 0.1) is 23.3 Å². The van der Waals surface area contributed by atoms with Crippen molar-refractivity contribution in [1.82, 2.24) is 35.1 Å². The van der Waals surface area contributed by atoms with E-state index in [9.17, 15) is 0 Å². The Kier molecular flexibility index (Phi) is 6.20. The van der Waals surface area contributed by atoms with Crippen LogP contribution < -0.4 is 15.4 Å². The summed E-state index contributed by atoms with van der Waals surface area (Å²) >= 11 is 0. The number of ether oxygens (including phenoxy) is 1. The van der Waals surface area contributed by atoms with Gasteiger partial charge in [0.1, 0.15) is 18.0 Å². The number of aromatic amines is 1. The van der Waals surface area contributed by atoms with E-state index in [1.54, 1.807) is 18.3 Å². The van der Waals surface area contributed by atoms with Crippen molar-refractivity contribution in [1.29, 1.82) is 0 Å². The number of nitrogens with zero attached hydrogens (tertiary/aromatic N) is 5. The van der Waals surface area contributed by atoms with Gasteiger partial charge in [-0.2, -0.15) is 0 Å². The third-order valence-corrected chi connectivity index (χ3v) is 6.86. The standard InChI is InChI=1S/C26H29FN8O/c1-16(35-8-6-28-7-9-35)18-4-5-29-24(10-18)34-26-32-22-11-19(20(27)12-23(22)33-26)21-13-25(31-15-30-21)36-14-17-2-3-17/h4-5,10-13,15-17,28H,2-3,6-9,14H2,1H3,(H2,29,32,33,34). The average molecular weight is 489 g/mol. The molecule has 3 N–H and O–H groups in total. The minimum Gasteiger partial charge on any atom is -0.477 e. The lowest BCUT2D eigenvalue weighted by Crippen LogP contribution is -2.44. The number of hydrogen-bond acceptors (Lipinski definition) is 8. The number of H-pyrrole nitrogens is 1. The highest BCUT2D eigenvalue weighted by Gasteiger charge is 2.22. The molecule has 10 heteroatoms. The van der Waals surface area contributed by atoms with Crippen molar-refractivity contribution in [2.45, 2.75) is 25.8 Å². The number of aromatic nitrogens is 5. The molecule has 1 aliphatic carbocycles. The fourth-order valence-electron chi connectivity index (χ4n) is 4.52. The van der Waals surface area contributed by atoms with E-state index >= 15 is 4.39 Å². The molecule has 0 amide bonds. The molecular formula is C26H29FN8O. The summed E-state index contributed by atoms with van der Waals surface area (Å²) < 4.78 is 20.8. The van der Waals surface area contributed by atoms with Crippen LogP contribution in [0.4, 0.5) is 16.2 Å². The van der Waals surface area contributed by atoms with Crippen molar-refractivity contribution in [2.75, 3.05) is 38.1 Å². The lowest BCUT2D eigenvalue weighted by Gasteiger charge is -2.33. The molecule has 4 aromatic rings. The number of nitrogens with one attached hydrogen (secondary N) is 3. The SMILES string of the molecule is CC(c1ccnc(Nc2nc3cc(-c4cc(OCC5CC5)ncn4)c(F)cc3[nH]2)c1)N1CCNCC1. The van der Waals surface area contributed by atoms with Gasteiger partial charge in [0.2, 0.25) is 11.8 Å². The second kappa shape index (κ2) is 9.79. The molecule has 4 heterocycles. The van der Waals surface area contributed by atoms with E-state index in [4.69, 9.17) is 4.74 Å². The highest BCUT2D eigenvalue weighted by molar-refractivity contribution is 5.83. The number of pyridine rings is 1. The number of piperazine rings is 1. The molecule has 9 nitrogen and oxygen atoms in total. The molecule has 1 saturated carbocycles. The van der Waals surface area contributed by atoms with Crippen molar-refractivity contribution in [3.05, 3.63) is 54.2 Å². The zero-order chi connectivity index (χ0) is 24.5. The summed E-state index contributed by atoms with van der Waals surface area (Å²) in [5.41, 5.74) is 3.21. The van der Waals surface area contributed by atoms with Crippen LogP contribution in [0.25, 0.3) is 22.3 Å². The Morgan fingerprint density at radius 3 is 2.83 bits per heavy atom. The van der Waals surface area contributed by atoms with E-state index in [2.05, 4.69) is 47.4 Å². The van der Waals surface area contributed by atoms with Gasteiger partial charge in [-0.3, -0.25) is 4.90 Å². The van der Waals surface area contributed by atoms with E-state index < -0.39 is 5.82 Å². The van der Waals surface area contributed by atoms with Crippen LogP contribution in [0.1, 0.15) is 31.4 Å². The van der Waals surface area contributed by atoms with Gasteiger partial charge in [0.25, 0.3) is 0 Å². The van der Waals surface area contributed by atoms with Crippen LogP contribution >= 0.6 is 0 Å². The summed E-state index contributed by atoms with van der Waals surface area (Å²) in [5.74, 6) is 1.85. The van der Waals surface area contributed by atoms with E-state index in [1.807, 2.05) is 12.1 Å². The van der Waals surface area contributed by atoms with E-state index in [0.717, 1.165) is 26.2 Å². The Bertz CT molecular complexity index is 1370. The first-order valence-corrected chi connectivity index (χ1v) is 12.4. The van der Waals surface area contributed by atoms with Gasteiger partial charge in [-0.25, -0.2) is 24.3 Å². The third kappa shape index (κ3) is 5.00. The molecule has 6 rings (SSSR count). The van der Waals surface area contributed by atoms with Crippen LogP contribution in [0.2, 0.25) is 0 Å². The minimum absolute atomic E-state index is 0.286. The maximum absolute atomic E-state index is 15.0. The van der Waals surface area contributed by atoms with Gasteiger partial charge in [0, 0.05) is 56.1 Å². The van der Waals surface area contributed by atoms with Crippen molar-refractivity contribution < 1.29 is 9.13 Å². The fourth-order valence-corrected chi connectivity index (χ4v) is 4.52. The summed E-state index contributed by atoms with van der Waals surface area (Å²) in [5, 5.41) is 6.63. The first kappa shape index (κ1) is 22.8. The predicted molar refractivity (Wildman–Crippen MR) is 136 cm³/mol. The Balaban J connectivity index is 1.21. The van der Waals surface area contributed by atoms with Crippen LogP contribution in [0.5, 0.6) is 5.88 Å². The number of hydrogen-bond donors (Lipinski definition) is 3. The highest BCUT2D eigenvalue weighted by atomic mass is 19.1. The molecule has 1 aromatic carbocycles. The topological polar surface area (TPSA) is 104 Å². The van der Waals surface area contributed by atoms with Crippen molar-refractivity contribution in [2.24, 2.45) is 5.92 Å². The fraction of sp³-hybridized carbons (Fsp3) is 0.385.